The molecule has 0 radical (unpaired) electrons. The molecule has 0 unspecified atom stereocenters. The topological polar surface area (TPSA) is 87.7 Å². The van der Waals surface area contributed by atoms with Crippen molar-refractivity contribution in [3.05, 3.63) is 0 Å². The van der Waals surface area contributed by atoms with Gasteiger partial charge in [-0.3, -0.25) is 0 Å². The first-order valence-electron chi connectivity index (χ1n) is 8.32. The van der Waals surface area contributed by atoms with E-state index in [0.717, 1.165) is 25.8 Å². The predicted molar refractivity (Wildman–Crippen MR) is 90.9 cm³/mol. The molecular formula is C15H31N3O4S. The van der Waals surface area contributed by atoms with Crippen LogP contribution in [0, 0.1) is 0 Å². The summed E-state index contributed by atoms with van der Waals surface area (Å²) in [5, 5.41) is 6.14. The summed E-state index contributed by atoms with van der Waals surface area (Å²) in [5.41, 5.74) is -0.477. The van der Waals surface area contributed by atoms with Crippen LogP contribution in [-0.2, 0) is 14.8 Å². The molecule has 1 amide bonds. The molecule has 8 heteroatoms. The lowest BCUT2D eigenvalue weighted by Crippen LogP contribution is -2.45. The van der Waals surface area contributed by atoms with Gasteiger partial charge < -0.3 is 15.4 Å². The fourth-order valence-corrected chi connectivity index (χ4v) is 3.55. The van der Waals surface area contributed by atoms with Crippen molar-refractivity contribution in [3.63, 3.8) is 0 Å². The SMILES string of the molecule is CCS(=O)(=O)N1CCC(NCCCNC(=O)OC(C)(C)C)CC1. The van der Waals surface area contributed by atoms with Gasteiger partial charge in [0.15, 0.2) is 0 Å². The second kappa shape index (κ2) is 8.84. The molecule has 7 nitrogen and oxygen atoms in total. The Bertz CT molecular complexity index is 466. The molecule has 23 heavy (non-hydrogen) atoms. The number of sulfonamides is 1. The monoisotopic (exact) mass is 349 g/mol. The van der Waals surface area contributed by atoms with Crippen molar-refractivity contribution in [2.24, 2.45) is 0 Å². The van der Waals surface area contributed by atoms with Crippen LogP contribution in [0.4, 0.5) is 4.79 Å². The Morgan fingerprint density at radius 3 is 2.35 bits per heavy atom. The maximum Gasteiger partial charge on any atom is 0.407 e. The van der Waals surface area contributed by atoms with Crippen LogP contribution in [0.1, 0.15) is 47.0 Å². The lowest BCUT2D eigenvalue weighted by Gasteiger charge is -2.31. The first-order chi connectivity index (χ1) is 10.6. The summed E-state index contributed by atoms with van der Waals surface area (Å²) >= 11 is 0. The fourth-order valence-electron chi connectivity index (χ4n) is 2.42. The molecule has 0 spiro atoms. The number of nitrogens with one attached hydrogen (secondary N) is 2. The van der Waals surface area contributed by atoms with Crippen LogP contribution in [0.25, 0.3) is 0 Å². The van der Waals surface area contributed by atoms with Crippen molar-refractivity contribution < 1.29 is 17.9 Å². The number of amides is 1. The number of hydrogen-bond acceptors (Lipinski definition) is 5. The summed E-state index contributed by atoms with van der Waals surface area (Å²) in [6.07, 6.45) is 2.08. The number of piperidine rings is 1. The molecule has 0 aromatic carbocycles. The van der Waals surface area contributed by atoms with Gasteiger partial charge in [-0.1, -0.05) is 0 Å². The van der Waals surface area contributed by atoms with E-state index in [-0.39, 0.29) is 5.75 Å². The molecule has 1 fully saturated rings. The molecule has 0 aromatic heterocycles. The number of ether oxygens (including phenoxy) is 1. The average Bonchev–Trinajstić information content (AvgIpc) is 2.45. The van der Waals surface area contributed by atoms with Crippen LogP contribution < -0.4 is 10.6 Å². The molecule has 0 aliphatic carbocycles. The minimum Gasteiger partial charge on any atom is -0.444 e. The highest BCUT2D eigenvalue weighted by molar-refractivity contribution is 7.89. The minimum atomic E-state index is -3.05. The van der Waals surface area contributed by atoms with Gasteiger partial charge in [0.05, 0.1) is 5.75 Å². The van der Waals surface area contributed by atoms with Crippen molar-refractivity contribution >= 4 is 16.1 Å². The van der Waals surface area contributed by atoms with Crippen LogP contribution in [0.5, 0.6) is 0 Å². The molecule has 0 saturated carbocycles. The molecule has 0 aromatic rings. The zero-order valence-corrected chi connectivity index (χ0v) is 15.5. The summed E-state index contributed by atoms with van der Waals surface area (Å²) in [5.74, 6) is 0.168. The lowest BCUT2D eigenvalue weighted by atomic mass is 10.1. The van der Waals surface area contributed by atoms with Gasteiger partial charge in [0.1, 0.15) is 5.60 Å². The third kappa shape index (κ3) is 7.99. The van der Waals surface area contributed by atoms with E-state index in [1.54, 1.807) is 11.2 Å². The molecule has 1 aliphatic rings. The third-order valence-electron chi connectivity index (χ3n) is 3.67. The normalized spacial score (nSPS) is 17.9. The van der Waals surface area contributed by atoms with Gasteiger partial charge in [0.25, 0.3) is 0 Å². The average molecular weight is 349 g/mol. The number of hydrogen-bond donors (Lipinski definition) is 2. The van der Waals surface area contributed by atoms with Gasteiger partial charge in [-0.15, -0.1) is 0 Å². The zero-order valence-electron chi connectivity index (χ0n) is 14.7. The molecule has 0 bridgehead atoms. The molecule has 1 rings (SSSR count). The second-order valence-corrected chi connectivity index (χ2v) is 9.07. The van der Waals surface area contributed by atoms with Crippen LogP contribution in [-0.4, -0.2) is 62.4 Å². The molecule has 136 valence electrons. The van der Waals surface area contributed by atoms with E-state index >= 15 is 0 Å². The van der Waals surface area contributed by atoms with Gasteiger partial charge in [0.2, 0.25) is 10.0 Å². The highest BCUT2D eigenvalue weighted by atomic mass is 32.2. The van der Waals surface area contributed by atoms with Crippen molar-refractivity contribution in [1.82, 2.24) is 14.9 Å². The van der Waals surface area contributed by atoms with Crippen molar-refractivity contribution in [3.8, 4) is 0 Å². The molecule has 1 saturated heterocycles. The summed E-state index contributed by atoms with van der Waals surface area (Å²) in [7, 11) is -3.05. The Morgan fingerprint density at radius 2 is 1.83 bits per heavy atom. The van der Waals surface area contributed by atoms with Crippen molar-refractivity contribution in [1.29, 1.82) is 0 Å². The van der Waals surface area contributed by atoms with E-state index in [1.807, 2.05) is 20.8 Å². The number of nitrogens with zero attached hydrogens (tertiary/aromatic N) is 1. The van der Waals surface area contributed by atoms with Crippen molar-refractivity contribution in [2.45, 2.75) is 58.6 Å². The fraction of sp³-hybridized carbons (Fsp3) is 0.933. The summed E-state index contributed by atoms with van der Waals surface area (Å²) in [6.45, 7) is 9.70. The van der Waals surface area contributed by atoms with Gasteiger partial charge in [-0.2, -0.15) is 0 Å². The molecule has 1 aliphatic heterocycles. The third-order valence-corrected chi connectivity index (χ3v) is 5.55. The molecular weight excluding hydrogens is 318 g/mol. The molecule has 2 N–H and O–H groups in total. The number of carbonyl (C=O) groups is 1. The molecule has 0 atom stereocenters. The summed E-state index contributed by atoms with van der Waals surface area (Å²) in [4.78, 5) is 11.5. The predicted octanol–water partition coefficient (Wildman–Crippen LogP) is 1.30. The standard InChI is InChI=1S/C15H31N3O4S/c1-5-23(20,21)18-11-7-13(8-12-18)16-9-6-10-17-14(19)22-15(2,3)4/h13,16H,5-12H2,1-4H3,(H,17,19). The van der Waals surface area contributed by atoms with Crippen LogP contribution in [0.3, 0.4) is 0 Å². The van der Waals surface area contributed by atoms with Gasteiger partial charge >= 0.3 is 6.09 Å². The van der Waals surface area contributed by atoms with E-state index < -0.39 is 21.7 Å². The first-order valence-corrected chi connectivity index (χ1v) is 9.93. The van der Waals surface area contributed by atoms with Crippen LogP contribution >= 0.6 is 0 Å². The maximum absolute atomic E-state index is 11.8. The Hall–Kier alpha value is -0.860. The Labute approximate surface area is 140 Å². The van der Waals surface area contributed by atoms with Crippen LogP contribution in [0.15, 0.2) is 0 Å². The lowest BCUT2D eigenvalue weighted by molar-refractivity contribution is 0.0527. The molecule has 1 heterocycles. The maximum atomic E-state index is 11.8. The highest BCUT2D eigenvalue weighted by Crippen LogP contribution is 2.14. The van der Waals surface area contributed by atoms with E-state index in [9.17, 15) is 13.2 Å². The minimum absolute atomic E-state index is 0.168. The summed E-state index contributed by atoms with van der Waals surface area (Å²) in [6, 6.07) is 0.347. The van der Waals surface area contributed by atoms with Crippen molar-refractivity contribution in [2.75, 3.05) is 31.9 Å². The van der Waals surface area contributed by atoms with E-state index in [0.29, 0.717) is 25.7 Å². The van der Waals surface area contributed by atoms with E-state index in [2.05, 4.69) is 10.6 Å². The van der Waals surface area contributed by atoms with Crippen LogP contribution in [0.2, 0.25) is 0 Å². The highest BCUT2D eigenvalue weighted by Gasteiger charge is 2.26. The number of rotatable bonds is 7. The Balaban J connectivity index is 2.11. The van der Waals surface area contributed by atoms with Gasteiger partial charge in [0, 0.05) is 25.7 Å². The zero-order chi connectivity index (χ0) is 17.5. The number of carbonyl (C=O) groups excluding carboxylic acids is 1. The second-order valence-electron chi connectivity index (χ2n) is 6.81. The van der Waals surface area contributed by atoms with E-state index in [4.69, 9.17) is 4.74 Å². The van der Waals surface area contributed by atoms with Gasteiger partial charge in [-0.05, 0) is 53.5 Å². The van der Waals surface area contributed by atoms with E-state index in [1.165, 1.54) is 0 Å². The quantitative estimate of drug-likeness (QED) is 0.677. The smallest absolute Gasteiger partial charge is 0.407 e. The number of alkyl carbamates (subject to hydrolysis) is 1. The van der Waals surface area contributed by atoms with Gasteiger partial charge in [-0.25, -0.2) is 17.5 Å². The Kier molecular flexibility index (Phi) is 7.76. The summed E-state index contributed by atoms with van der Waals surface area (Å²) < 4.78 is 30.3. The first kappa shape index (κ1) is 20.2. The Morgan fingerprint density at radius 1 is 1.22 bits per heavy atom. The largest absolute Gasteiger partial charge is 0.444 e.